The van der Waals surface area contributed by atoms with Gasteiger partial charge < -0.3 is 14.6 Å². The number of nitriles is 1. The summed E-state index contributed by atoms with van der Waals surface area (Å²) in [5.41, 5.74) is 0.606. The Balaban J connectivity index is 1.71. The predicted molar refractivity (Wildman–Crippen MR) is 102 cm³/mol. The summed E-state index contributed by atoms with van der Waals surface area (Å²) in [6, 6.07) is 6.84. The SMILES string of the molecule is CCn1c(=O)c(C)nc2cc(C(=O)OCC(=O)N[C@](C)(C#N)C3CC3)ccc21. The van der Waals surface area contributed by atoms with Crippen LogP contribution in [0.5, 0.6) is 0 Å². The summed E-state index contributed by atoms with van der Waals surface area (Å²) in [4.78, 5) is 40.8. The normalized spacial score (nSPS) is 15.5. The van der Waals surface area contributed by atoms with E-state index in [1.54, 1.807) is 24.5 Å². The number of rotatable bonds is 6. The van der Waals surface area contributed by atoms with Crippen LogP contribution in [0.4, 0.5) is 0 Å². The molecule has 1 amide bonds. The average molecular weight is 382 g/mol. The fourth-order valence-corrected chi connectivity index (χ4v) is 3.24. The minimum atomic E-state index is -0.933. The van der Waals surface area contributed by atoms with Crippen molar-refractivity contribution < 1.29 is 14.3 Å². The molecule has 1 aromatic carbocycles. The first kappa shape index (κ1) is 19.5. The standard InChI is InChI=1S/C20H22N4O4/c1-4-24-16-8-5-13(9-15(16)22-12(2)18(24)26)19(27)28-10-17(25)23-20(3,11-21)14-6-7-14/h5,8-9,14H,4,6-7,10H2,1-3H3,(H,23,25)/t20-/m1/s1. The molecule has 28 heavy (non-hydrogen) atoms. The number of aromatic nitrogens is 2. The molecule has 1 heterocycles. The van der Waals surface area contributed by atoms with Gasteiger partial charge in [0.15, 0.2) is 6.61 Å². The van der Waals surface area contributed by atoms with Crippen LogP contribution in [0.3, 0.4) is 0 Å². The minimum absolute atomic E-state index is 0.142. The molecule has 3 rings (SSSR count). The Morgan fingerprint density at radius 2 is 2.14 bits per heavy atom. The lowest BCUT2D eigenvalue weighted by Crippen LogP contribution is -2.48. The van der Waals surface area contributed by atoms with Crippen molar-refractivity contribution in [2.24, 2.45) is 5.92 Å². The molecular formula is C20H22N4O4. The number of carbonyl (C=O) groups excluding carboxylic acids is 2. The molecular weight excluding hydrogens is 360 g/mol. The third kappa shape index (κ3) is 3.74. The molecule has 1 saturated carbocycles. The van der Waals surface area contributed by atoms with Gasteiger partial charge in [-0.15, -0.1) is 0 Å². The average Bonchev–Trinajstić information content (AvgIpc) is 3.52. The van der Waals surface area contributed by atoms with Gasteiger partial charge in [-0.25, -0.2) is 9.78 Å². The van der Waals surface area contributed by atoms with Gasteiger partial charge in [0.25, 0.3) is 11.5 Å². The summed E-state index contributed by atoms with van der Waals surface area (Å²) < 4.78 is 6.67. The van der Waals surface area contributed by atoms with E-state index in [1.807, 2.05) is 6.92 Å². The van der Waals surface area contributed by atoms with Gasteiger partial charge in [0, 0.05) is 6.54 Å². The highest BCUT2D eigenvalue weighted by atomic mass is 16.5. The van der Waals surface area contributed by atoms with Gasteiger partial charge in [-0.3, -0.25) is 9.59 Å². The molecule has 0 unspecified atom stereocenters. The first-order chi connectivity index (χ1) is 13.3. The number of nitrogens with one attached hydrogen (secondary N) is 1. The smallest absolute Gasteiger partial charge is 0.338 e. The van der Waals surface area contributed by atoms with Crippen molar-refractivity contribution in [2.45, 2.75) is 45.7 Å². The summed E-state index contributed by atoms with van der Waals surface area (Å²) in [6.07, 6.45) is 1.80. The highest BCUT2D eigenvalue weighted by molar-refractivity contribution is 5.94. The number of hydrogen-bond donors (Lipinski definition) is 1. The van der Waals surface area contributed by atoms with Gasteiger partial charge in [-0.1, -0.05) is 0 Å². The number of esters is 1. The van der Waals surface area contributed by atoms with Gasteiger partial charge in [0.05, 0.1) is 22.7 Å². The van der Waals surface area contributed by atoms with Crippen molar-refractivity contribution in [1.82, 2.24) is 14.9 Å². The lowest BCUT2D eigenvalue weighted by Gasteiger charge is -2.22. The number of aryl methyl sites for hydroxylation is 2. The van der Waals surface area contributed by atoms with Crippen molar-refractivity contribution in [1.29, 1.82) is 5.26 Å². The third-order valence-corrected chi connectivity index (χ3v) is 5.02. The van der Waals surface area contributed by atoms with E-state index in [1.165, 1.54) is 12.1 Å². The largest absolute Gasteiger partial charge is 0.452 e. The van der Waals surface area contributed by atoms with Gasteiger partial charge in [-0.05, 0) is 57.7 Å². The molecule has 1 aliphatic carbocycles. The number of benzene rings is 1. The first-order valence-corrected chi connectivity index (χ1v) is 9.19. The topological polar surface area (TPSA) is 114 Å². The maximum Gasteiger partial charge on any atom is 0.338 e. The summed E-state index contributed by atoms with van der Waals surface area (Å²) >= 11 is 0. The Bertz CT molecular complexity index is 1050. The fraction of sp³-hybridized carbons (Fsp3) is 0.450. The second kappa shape index (κ2) is 7.43. The van der Waals surface area contributed by atoms with Gasteiger partial charge in [0.1, 0.15) is 11.2 Å². The van der Waals surface area contributed by atoms with Gasteiger partial charge in [0.2, 0.25) is 0 Å². The van der Waals surface area contributed by atoms with Crippen molar-refractivity contribution in [2.75, 3.05) is 6.61 Å². The van der Waals surface area contributed by atoms with Crippen molar-refractivity contribution in [3.63, 3.8) is 0 Å². The number of hydrogen-bond acceptors (Lipinski definition) is 6. The van der Waals surface area contributed by atoms with Crippen LogP contribution in [0.1, 0.15) is 42.7 Å². The van der Waals surface area contributed by atoms with Crippen molar-refractivity contribution in [3.05, 3.63) is 39.8 Å². The lowest BCUT2D eigenvalue weighted by atomic mass is 9.98. The number of ether oxygens (including phenoxy) is 1. The van der Waals surface area contributed by atoms with E-state index in [9.17, 15) is 19.6 Å². The zero-order chi connectivity index (χ0) is 20.5. The van der Waals surface area contributed by atoms with Crippen LogP contribution >= 0.6 is 0 Å². The molecule has 1 N–H and O–H groups in total. The van der Waals surface area contributed by atoms with E-state index >= 15 is 0 Å². The molecule has 0 aliphatic heterocycles. The highest BCUT2D eigenvalue weighted by Crippen LogP contribution is 2.39. The number of fused-ring (bicyclic) bond motifs is 1. The molecule has 1 fully saturated rings. The van der Waals surface area contributed by atoms with Crippen LogP contribution in [0.15, 0.2) is 23.0 Å². The molecule has 1 atom stereocenters. The van der Waals surface area contributed by atoms with E-state index < -0.39 is 24.0 Å². The van der Waals surface area contributed by atoms with Gasteiger partial charge in [-0.2, -0.15) is 5.26 Å². The molecule has 8 heteroatoms. The second-order valence-corrected chi connectivity index (χ2v) is 7.16. The second-order valence-electron chi connectivity index (χ2n) is 7.16. The molecule has 0 bridgehead atoms. The molecule has 0 radical (unpaired) electrons. The predicted octanol–water partition coefficient (Wildman–Crippen LogP) is 1.69. The monoisotopic (exact) mass is 382 g/mol. The Kier molecular flexibility index (Phi) is 5.18. The number of nitrogens with zero attached hydrogens (tertiary/aromatic N) is 3. The fourth-order valence-electron chi connectivity index (χ4n) is 3.24. The maximum absolute atomic E-state index is 12.3. The molecule has 0 spiro atoms. The molecule has 1 aliphatic rings. The number of amides is 1. The molecule has 0 saturated heterocycles. The number of carbonyl (C=O) groups is 2. The van der Waals surface area contributed by atoms with E-state index in [-0.39, 0.29) is 17.0 Å². The van der Waals surface area contributed by atoms with Crippen molar-refractivity contribution in [3.8, 4) is 6.07 Å². The maximum atomic E-state index is 12.3. The summed E-state index contributed by atoms with van der Waals surface area (Å²) in [5.74, 6) is -1.04. The first-order valence-electron chi connectivity index (χ1n) is 9.19. The van der Waals surface area contributed by atoms with Crippen LogP contribution in [0, 0.1) is 24.2 Å². The Morgan fingerprint density at radius 3 is 2.75 bits per heavy atom. The van der Waals surface area contributed by atoms with Crippen LogP contribution < -0.4 is 10.9 Å². The Hall–Kier alpha value is -3.21. The van der Waals surface area contributed by atoms with E-state index in [4.69, 9.17) is 4.74 Å². The summed E-state index contributed by atoms with van der Waals surface area (Å²) in [6.45, 7) is 5.17. The van der Waals surface area contributed by atoms with Crippen LogP contribution in [0.2, 0.25) is 0 Å². The zero-order valence-corrected chi connectivity index (χ0v) is 16.1. The van der Waals surface area contributed by atoms with Crippen molar-refractivity contribution >= 4 is 22.9 Å². The van der Waals surface area contributed by atoms with E-state index in [0.717, 1.165) is 12.8 Å². The molecule has 2 aromatic rings. The van der Waals surface area contributed by atoms with Gasteiger partial charge >= 0.3 is 5.97 Å². The van der Waals surface area contributed by atoms with Crippen LogP contribution in [-0.2, 0) is 16.1 Å². The van der Waals surface area contributed by atoms with Crippen LogP contribution in [0.25, 0.3) is 11.0 Å². The summed E-state index contributed by atoms with van der Waals surface area (Å²) in [7, 11) is 0. The zero-order valence-electron chi connectivity index (χ0n) is 16.1. The Labute approximate surface area is 162 Å². The lowest BCUT2D eigenvalue weighted by molar-refractivity contribution is -0.125. The molecule has 146 valence electrons. The Morgan fingerprint density at radius 1 is 1.43 bits per heavy atom. The molecule has 8 nitrogen and oxygen atoms in total. The van der Waals surface area contributed by atoms with E-state index in [0.29, 0.717) is 23.3 Å². The highest BCUT2D eigenvalue weighted by Gasteiger charge is 2.43. The third-order valence-electron chi connectivity index (χ3n) is 5.02. The van der Waals surface area contributed by atoms with E-state index in [2.05, 4.69) is 16.4 Å². The summed E-state index contributed by atoms with van der Waals surface area (Å²) in [5, 5.41) is 11.9. The van der Waals surface area contributed by atoms with Crippen LogP contribution in [-0.4, -0.2) is 33.6 Å². The minimum Gasteiger partial charge on any atom is -0.452 e. The molecule has 1 aromatic heterocycles. The quantitative estimate of drug-likeness (QED) is 0.761.